The van der Waals surface area contributed by atoms with Gasteiger partial charge in [-0.05, 0) is 30.3 Å². The van der Waals surface area contributed by atoms with Gasteiger partial charge >= 0.3 is 0 Å². The van der Waals surface area contributed by atoms with Crippen molar-refractivity contribution in [3.63, 3.8) is 0 Å². The van der Waals surface area contributed by atoms with E-state index in [1.165, 1.54) is 0 Å². The summed E-state index contributed by atoms with van der Waals surface area (Å²) in [5, 5.41) is 6.95. The first-order chi connectivity index (χ1) is 7.95. The van der Waals surface area contributed by atoms with Gasteiger partial charge in [0.2, 0.25) is 0 Å². The lowest BCUT2D eigenvalue weighted by Gasteiger charge is -2.07. The number of hydrogen-bond acceptors (Lipinski definition) is 1. The Morgan fingerprint density at radius 3 is 2.56 bits per heavy atom. The summed E-state index contributed by atoms with van der Waals surface area (Å²) in [5.74, 6) is 0. The number of nitrogens with zero attached hydrogens (tertiary/aromatic N) is 2. The molecule has 0 bridgehead atoms. The predicted molar refractivity (Wildman–Crippen MR) is 63.4 cm³/mol. The van der Waals surface area contributed by atoms with E-state index in [-0.39, 0.29) is 0 Å². The molecule has 1 aromatic carbocycles. The van der Waals surface area contributed by atoms with Crippen LogP contribution in [0.2, 0.25) is 0 Å². The van der Waals surface area contributed by atoms with Crippen molar-refractivity contribution in [3.05, 3.63) is 60.9 Å². The number of aromatic amines is 1. The number of nitrogens with one attached hydrogen (secondary N) is 1. The molecule has 0 amide bonds. The number of hydrogen-bond donors (Lipinski definition) is 1. The van der Waals surface area contributed by atoms with Gasteiger partial charge in [-0.3, -0.25) is 5.10 Å². The molecule has 0 saturated carbocycles. The van der Waals surface area contributed by atoms with Crippen molar-refractivity contribution < 1.29 is 0 Å². The zero-order valence-electron chi connectivity index (χ0n) is 8.67. The van der Waals surface area contributed by atoms with Crippen molar-refractivity contribution in [2.75, 3.05) is 0 Å². The van der Waals surface area contributed by atoms with Crippen LogP contribution >= 0.6 is 0 Å². The smallest absolute Gasteiger partial charge is 0.0818 e. The molecule has 3 aromatic rings. The topological polar surface area (TPSA) is 33.6 Å². The van der Waals surface area contributed by atoms with Crippen LogP contribution in [0, 0.1) is 0 Å². The Bertz CT molecular complexity index is 564. The molecular weight excluding hydrogens is 198 g/mol. The molecule has 0 aliphatic rings. The molecule has 1 N–H and O–H groups in total. The van der Waals surface area contributed by atoms with Crippen LogP contribution in [0.25, 0.3) is 17.1 Å². The molecule has 0 spiro atoms. The van der Waals surface area contributed by atoms with Crippen molar-refractivity contribution >= 4 is 0 Å². The van der Waals surface area contributed by atoms with E-state index in [0.717, 1.165) is 17.1 Å². The number of para-hydroxylation sites is 1. The van der Waals surface area contributed by atoms with E-state index in [1.54, 1.807) is 6.20 Å². The molecule has 3 heteroatoms. The maximum absolute atomic E-state index is 3.97. The molecule has 0 saturated heterocycles. The second kappa shape index (κ2) is 3.70. The highest BCUT2D eigenvalue weighted by atomic mass is 15.1. The Morgan fingerprint density at radius 1 is 0.938 bits per heavy atom. The van der Waals surface area contributed by atoms with Gasteiger partial charge < -0.3 is 4.57 Å². The number of aromatic nitrogens is 3. The van der Waals surface area contributed by atoms with Gasteiger partial charge in [0.05, 0.1) is 11.4 Å². The first-order valence-corrected chi connectivity index (χ1v) is 5.18. The lowest BCUT2D eigenvalue weighted by Crippen LogP contribution is -1.94. The van der Waals surface area contributed by atoms with E-state index in [1.807, 2.05) is 36.5 Å². The zero-order valence-corrected chi connectivity index (χ0v) is 8.67. The highest BCUT2D eigenvalue weighted by Crippen LogP contribution is 2.21. The van der Waals surface area contributed by atoms with E-state index >= 15 is 0 Å². The fourth-order valence-electron chi connectivity index (χ4n) is 1.81. The molecule has 0 atom stereocenters. The average Bonchev–Trinajstić information content (AvgIpc) is 3.01. The van der Waals surface area contributed by atoms with Gasteiger partial charge in [-0.1, -0.05) is 18.2 Å². The van der Waals surface area contributed by atoms with Crippen LogP contribution in [0.15, 0.2) is 60.9 Å². The molecule has 16 heavy (non-hydrogen) atoms. The van der Waals surface area contributed by atoms with Gasteiger partial charge in [-0.2, -0.15) is 5.10 Å². The van der Waals surface area contributed by atoms with Crippen molar-refractivity contribution in [2.24, 2.45) is 0 Å². The van der Waals surface area contributed by atoms with Gasteiger partial charge in [-0.25, -0.2) is 0 Å². The number of H-pyrrole nitrogens is 1. The predicted octanol–water partition coefficient (Wildman–Crippen LogP) is 2.87. The summed E-state index contributed by atoms with van der Waals surface area (Å²) >= 11 is 0. The minimum Gasteiger partial charge on any atom is -0.315 e. The van der Waals surface area contributed by atoms with Crippen LogP contribution in [0.3, 0.4) is 0 Å². The van der Waals surface area contributed by atoms with Gasteiger partial charge in [-0.15, -0.1) is 0 Å². The van der Waals surface area contributed by atoms with Crippen LogP contribution in [0.4, 0.5) is 0 Å². The van der Waals surface area contributed by atoms with Gasteiger partial charge in [0.15, 0.2) is 0 Å². The monoisotopic (exact) mass is 209 g/mol. The van der Waals surface area contributed by atoms with E-state index in [2.05, 4.69) is 33.0 Å². The Morgan fingerprint density at radius 2 is 1.81 bits per heavy atom. The molecule has 2 heterocycles. The molecule has 0 aliphatic carbocycles. The Balaban J connectivity index is 2.14. The minimum atomic E-state index is 1.02. The molecule has 0 unspecified atom stereocenters. The first-order valence-electron chi connectivity index (χ1n) is 5.18. The van der Waals surface area contributed by atoms with Crippen molar-refractivity contribution in [1.82, 2.24) is 14.8 Å². The third-order valence-electron chi connectivity index (χ3n) is 2.56. The Labute approximate surface area is 93.4 Å². The molecule has 2 aromatic heterocycles. The fourth-order valence-corrected chi connectivity index (χ4v) is 1.81. The lowest BCUT2D eigenvalue weighted by molar-refractivity contribution is 1.04. The van der Waals surface area contributed by atoms with Crippen molar-refractivity contribution in [3.8, 4) is 17.1 Å². The highest BCUT2D eigenvalue weighted by Gasteiger charge is 2.05. The molecule has 3 rings (SSSR count). The third kappa shape index (κ3) is 1.42. The quantitative estimate of drug-likeness (QED) is 0.691. The van der Waals surface area contributed by atoms with Crippen LogP contribution in [-0.2, 0) is 0 Å². The van der Waals surface area contributed by atoms with E-state index in [0.29, 0.717) is 0 Å². The summed E-state index contributed by atoms with van der Waals surface area (Å²) in [4.78, 5) is 0. The summed E-state index contributed by atoms with van der Waals surface area (Å²) in [6, 6.07) is 16.3. The first kappa shape index (κ1) is 8.97. The largest absolute Gasteiger partial charge is 0.315 e. The maximum Gasteiger partial charge on any atom is 0.0818 e. The third-order valence-corrected chi connectivity index (χ3v) is 2.56. The molecule has 78 valence electrons. The van der Waals surface area contributed by atoms with Crippen molar-refractivity contribution in [1.29, 1.82) is 0 Å². The second-order valence-corrected chi connectivity index (χ2v) is 3.57. The van der Waals surface area contributed by atoms with Crippen LogP contribution in [0.1, 0.15) is 0 Å². The summed E-state index contributed by atoms with van der Waals surface area (Å²) in [5.41, 5.74) is 3.29. The average molecular weight is 209 g/mol. The van der Waals surface area contributed by atoms with Crippen molar-refractivity contribution in [2.45, 2.75) is 0 Å². The summed E-state index contributed by atoms with van der Waals surface area (Å²) < 4.78 is 2.13. The fraction of sp³-hybridized carbons (Fsp3) is 0. The Hall–Kier alpha value is -2.29. The SMILES string of the molecule is c1ccc(-n2cccc2-c2ccn[nH]2)cc1. The summed E-state index contributed by atoms with van der Waals surface area (Å²) in [6.45, 7) is 0. The standard InChI is InChI=1S/C13H11N3/c1-2-5-11(6-3-1)16-10-4-7-13(16)12-8-9-14-15-12/h1-10H,(H,14,15). The van der Waals surface area contributed by atoms with E-state index in [4.69, 9.17) is 0 Å². The van der Waals surface area contributed by atoms with Crippen LogP contribution in [0.5, 0.6) is 0 Å². The molecule has 3 nitrogen and oxygen atoms in total. The second-order valence-electron chi connectivity index (χ2n) is 3.57. The molecule has 0 aliphatic heterocycles. The zero-order chi connectivity index (χ0) is 10.8. The highest BCUT2D eigenvalue weighted by molar-refractivity contribution is 5.58. The normalized spacial score (nSPS) is 10.5. The van der Waals surface area contributed by atoms with Gasteiger partial charge in [0, 0.05) is 18.1 Å². The van der Waals surface area contributed by atoms with Crippen LogP contribution < -0.4 is 0 Å². The number of benzene rings is 1. The molecule has 0 radical (unpaired) electrons. The van der Waals surface area contributed by atoms with E-state index in [9.17, 15) is 0 Å². The summed E-state index contributed by atoms with van der Waals surface area (Å²) in [7, 11) is 0. The van der Waals surface area contributed by atoms with Gasteiger partial charge in [0.25, 0.3) is 0 Å². The van der Waals surface area contributed by atoms with Gasteiger partial charge in [0.1, 0.15) is 0 Å². The summed E-state index contributed by atoms with van der Waals surface area (Å²) in [6.07, 6.45) is 3.81. The molecular formula is C13H11N3. The molecule has 0 fully saturated rings. The maximum atomic E-state index is 3.97. The van der Waals surface area contributed by atoms with Crippen LogP contribution in [-0.4, -0.2) is 14.8 Å². The Kier molecular flexibility index (Phi) is 2.07. The lowest BCUT2D eigenvalue weighted by atomic mass is 10.3. The minimum absolute atomic E-state index is 1.02. The van der Waals surface area contributed by atoms with E-state index < -0.39 is 0 Å². The number of rotatable bonds is 2.